The molecule has 6 heterocycles. The van der Waals surface area contributed by atoms with Gasteiger partial charge >= 0.3 is 6.72 Å². The highest BCUT2D eigenvalue weighted by Gasteiger charge is 2.54. The van der Waals surface area contributed by atoms with Crippen molar-refractivity contribution in [3.05, 3.63) is 29.3 Å². The van der Waals surface area contributed by atoms with Gasteiger partial charge < -0.3 is 45.7 Å². The van der Waals surface area contributed by atoms with E-state index >= 15 is 4.39 Å². The van der Waals surface area contributed by atoms with Gasteiger partial charge in [0.05, 0.1) is 25.9 Å². The highest BCUT2D eigenvalue weighted by Crippen LogP contribution is 2.52. The molecular formula is C21H26FN10O9PS. The molecular weight excluding hydrogens is 618 g/mol. The van der Waals surface area contributed by atoms with E-state index in [9.17, 15) is 25.0 Å². The number of nitrogens with zero attached hydrogens (tertiary/aromatic N) is 7. The molecule has 0 bridgehead atoms. The molecule has 0 saturated carbocycles. The van der Waals surface area contributed by atoms with Crippen molar-refractivity contribution >= 4 is 52.6 Å². The molecule has 19 nitrogen and oxygen atoms in total. The van der Waals surface area contributed by atoms with Crippen LogP contribution in [0, 0.1) is 0 Å². The van der Waals surface area contributed by atoms with Gasteiger partial charge in [0, 0.05) is 0 Å². The Morgan fingerprint density at radius 2 is 1.86 bits per heavy atom. The number of imidazole rings is 2. The number of hydrogen-bond acceptors (Lipinski definition) is 16. The van der Waals surface area contributed by atoms with E-state index in [0.29, 0.717) is 0 Å². The number of alkyl halides is 1. The van der Waals surface area contributed by atoms with Gasteiger partial charge in [-0.1, -0.05) is 0 Å². The van der Waals surface area contributed by atoms with Crippen molar-refractivity contribution in [2.45, 2.75) is 55.6 Å². The van der Waals surface area contributed by atoms with Gasteiger partial charge in [-0.3, -0.25) is 23.4 Å². The Morgan fingerprint density at radius 1 is 1.16 bits per heavy atom. The van der Waals surface area contributed by atoms with Crippen molar-refractivity contribution in [3.8, 4) is 0 Å². The van der Waals surface area contributed by atoms with Gasteiger partial charge in [0.25, 0.3) is 5.56 Å². The summed E-state index contributed by atoms with van der Waals surface area (Å²) < 4.78 is 40.5. The fourth-order valence-electron chi connectivity index (χ4n) is 5.03. The van der Waals surface area contributed by atoms with Crippen molar-refractivity contribution in [2.75, 3.05) is 24.7 Å². The number of H-pyrrole nitrogens is 1. The lowest BCUT2D eigenvalue weighted by atomic mass is 9.99. The van der Waals surface area contributed by atoms with Crippen LogP contribution in [-0.4, -0.2) is 109 Å². The largest absolute Gasteiger partial charge is 0.394 e. The van der Waals surface area contributed by atoms with E-state index < -0.39 is 74.1 Å². The summed E-state index contributed by atoms with van der Waals surface area (Å²) in [6.07, 6.45) is -7.16. The molecule has 4 aromatic heterocycles. The first-order valence-corrected chi connectivity index (χ1v) is 15.2. The van der Waals surface area contributed by atoms with Gasteiger partial charge in [0.15, 0.2) is 41.3 Å². The standard InChI is InChI=1S/C21H26FN10O9PS/c1-21(13(35)11(34)18(40-21)31-5-27-9-14(23)25-4-26-15(9)31)3-38-42(37,43)41-12-8(22)7(2-33)39-19(12)32-6-28-10-16(32)29-20(24)30-17(10)36/h4-8,11-13,18-19,33-35H,2-3H2,1H3,(H,37,43)(H2,23,25,26)(H3,24,29,30,36)/t7-,8-,11-,12-,13+,18-,19-,21-,42?/m1/s1. The number of aromatic amines is 1. The lowest BCUT2D eigenvalue weighted by Gasteiger charge is -2.30. The molecule has 0 amide bonds. The number of halogens is 1. The molecule has 9 atom stereocenters. The molecule has 2 saturated heterocycles. The third-order valence-corrected chi connectivity index (χ3v) is 8.77. The summed E-state index contributed by atoms with van der Waals surface area (Å²) in [7, 11) is 0. The number of ether oxygens (including phenoxy) is 2. The molecule has 2 aliphatic rings. The average molecular weight is 645 g/mol. The predicted octanol–water partition coefficient (Wildman–Crippen LogP) is -2.02. The topological polar surface area (TPSA) is 277 Å². The minimum atomic E-state index is -4.35. The first-order valence-electron chi connectivity index (χ1n) is 12.6. The molecule has 22 heteroatoms. The Morgan fingerprint density at radius 3 is 2.58 bits per heavy atom. The molecule has 0 radical (unpaired) electrons. The Labute approximate surface area is 244 Å². The van der Waals surface area contributed by atoms with Crippen molar-refractivity contribution in [1.82, 2.24) is 39.0 Å². The lowest BCUT2D eigenvalue weighted by Crippen LogP contribution is -2.44. The van der Waals surface area contributed by atoms with Gasteiger partial charge in [-0.2, -0.15) is 4.98 Å². The van der Waals surface area contributed by atoms with Crippen LogP contribution in [0.4, 0.5) is 16.2 Å². The third kappa shape index (κ3) is 5.06. The number of hydrogen-bond donors (Lipinski definition) is 7. The molecule has 1 unspecified atom stereocenters. The molecule has 0 spiro atoms. The van der Waals surface area contributed by atoms with Crippen LogP contribution in [0.2, 0.25) is 0 Å². The van der Waals surface area contributed by atoms with Crippen molar-refractivity contribution in [2.24, 2.45) is 0 Å². The maximum absolute atomic E-state index is 15.4. The summed E-state index contributed by atoms with van der Waals surface area (Å²) in [5, 5.41) is 31.3. The van der Waals surface area contributed by atoms with E-state index in [1.165, 1.54) is 24.1 Å². The second kappa shape index (κ2) is 10.7. The zero-order valence-corrected chi connectivity index (χ0v) is 23.7. The van der Waals surface area contributed by atoms with Crippen molar-refractivity contribution < 1.29 is 43.1 Å². The molecule has 0 aromatic carbocycles. The predicted molar refractivity (Wildman–Crippen MR) is 146 cm³/mol. The van der Waals surface area contributed by atoms with Crippen molar-refractivity contribution in [1.29, 1.82) is 0 Å². The van der Waals surface area contributed by atoms with Gasteiger partial charge in [0.2, 0.25) is 5.95 Å². The van der Waals surface area contributed by atoms with Crippen LogP contribution in [0.15, 0.2) is 23.8 Å². The number of nitrogens with two attached hydrogens (primary N) is 2. The number of nitrogen functional groups attached to an aromatic ring is 2. The minimum Gasteiger partial charge on any atom is -0.394 e. The highest BCUT2D eigenvalue weighted by atomic mass is 32.5. The van der Waals surface area contributed by atoms with E-state index in [-0.39, 0.29) is 34.1 Å². The molecule has 4 aromatic rings. The summed E-state index contributed by atoms with van der Waals surface area (Å²) in [6.45, 7) is -4.32. The molecule has 43 heavy (non-hydrogen) atoms. The van der Waals surface area contributed by atoms with Gasteiger partial charge in [-0.05, 0) is 18.7 Å². The fraction of sp³-hybridized carbons (Fsp3) is 0.524. The second-order valence-electron chi connectivity index (χ2n) is 10.1. The average Bonchev–Trinajstić information content (AvgIpc) is 3.70. The van der Waals surface area contributed by atoms with Crippen LogP contribution in [0.5, 0.6) is 0 Å². The Hall–Kier alpha value is -3.24. The van der Waals surface area contributed by atoms with E-state index in [1.807, 2.05) is 0 Å². The molecule has 0 aliphatic carbocycles. The number of aliphatic hydroxyl groups excluding tert-OH is 3. The normalized spacial score (nSPS) is 32.6. The zero-order valence-electron chi connectivity index (χ0n) is 22.0. The van der Waals surface area contributed by atoms with Crippen LogP contribution >= 0.6 is 6.72 Å². The van der Waals surface area contributed by atoms with Crippen molar-refractivity contribution in [3.63, 3.8) is 0 Å². The fourth-order valence-corrected chi connectivity index (χ4v) is 6.50. The first kappa shape index (κ1) is 29.8. The molecule has 2 aliphatic heterocycles. The van der Waals surface area contributed by atoms with E-state index in [2.05, 4.69) is 29.9 Å². The molecule has 6 rings (SSSR count). The maximum atomic E-state index is 15.4. The number of anilines is 2. The number of rotatable bonds is 8. The van der Waals surface area contributed by atoms with E-state index in [4.69, 9.17) is 41.8 Å². The lowest BCUT2D eigenvalue weighted by molar-refractivity contribution is -0.114. The van der Waals surface area contributed by atoms with Gasteiger partial charge in [-0.15, -0.1) is 0 Å². The van der Waals surface area contributed by atoms with Gasteiger partial charge in [-0.25, -0.2) is 24.3 Å². The second-order valence-corrected chi connectivity index (χ2v) is 12.9. The monoisotopic (exact) mass is 644 g/mol. The number of aromatic nitrogens is 8. The summed E-state index contributed by atoms with van der Waals surface area (Å²) in [5.74, 6) is -0.149. The van der Waals surface area contributed by atoms with Crippen LogP contribution in [0.3, 0.4) is 0 Å². The Balaban J connectivity index is 1.21. The van der Waals surface area contributed by atoms with Crippen LogP contribution in [-0.2, 0) is 30.3 Å². The van der Waals surface area contributed by atoms with Gasteiger partial charge in [0.1, 0.15) is 41.9 Å². The van der Waals surface area contributed by atoms with Crippen LogP contribution in [0.1, 0.15) is 19.4 Å². The zero-order chi connectivity index (χ0) is 30.8. The van der Waals surface area contributed by atoms with E-state index in [0.717, 1.165) is 10.9 Å². The SMILES string of the molecule is C[C@]1(COP(O)(=S)O[C@@H]2[C@H](F)[C@@H](CO)O[C@H]2n2cnc3c(=O)[nH]c(N)nc32)O[C@@H](n2cnc3c(N)ncnc32)[C@H](O)[C@@H]1O. The number of nitrogens with one attached hydrogen (secondary N) is 1. The maximum Gasteiger partial charge on any atom is 0.325 e. The third-order valence-electron chi connectivity index (χ3n) is 7.23. The van der Waals surface area contributed by atoms with E-state index in [1.54, 1.807) is 0 Å². The summed E-state index contributed by atoms with van der Waals surface area (Å²) >= 11 is 5.14. The quantitative estimate of drug-likeness (QED) is 0.102. The molecule has 9 N–H and O–H groups in total. The minimum absolute atomic E-state index is 0.0770. The molecule has 2 fully saturated rings. The highest BCUT2D eigenvalue weighted by molar-refractivity contribution is 8.07. The summed E-state index contributed by atoms with van der Waals surface area (Å²) in [5.41, 5.74) is 9.42. The molecule has 232 valence electrons. The summed E-state index contributed by atoms with van der Waals surface area (Å²) in [4.78, 5) is 45.5. The summed E-state index contributed by atoms with van der Waals surface area (Å²) in [6, 6.07) is 0. The number of fused-ring (bicyclic) bond motifs is 2. The van der Waals surface area contributed by atoms with Crippen LogP contribution < -0.4 is 17.0 Å². The Bertz CT molecular complexity index is 1790. The Kier molecular flexibility index (Phi) is 7.44. The van der Waals surface area contributed by atoms with Crippen LogP contribution in [0.25, 0.3) is 22.3 Å². The number of aliphatic hydroxyl groups is 3. The smallest absolute Gasteiger partial charge is 0.325 e. The first-order chi connectivity index (χ1) is 20.3.